The van der Waals surface area contributed by atoms with Gasteiger partial charge in [-0.05, 0) is 30.4 Å². The molecule has 1 saturated carbocycles. The summed E-state index contributed by atoms with van der Waals surface area (Å²) in [6.07, 6.45) is 4.95. The fourth-order valence-electron chi connectivity index (χ4n) is 4.45. The van der Waals surface area contributed by atoms with Crippen molar-refractivity contribution in [3.63, 3.8) is 0 Å². The molecule has 3 aliphatic rings. The van der Waals surface area contributed by atoms with E-state index < -0.39 is 5.91 Å². The average molecular weight is 336 g/mol. The van der Waals surface area contributed by atoms with Crippen LogP contribution in [0.5, 0.6) is 0 Å². The molecule has 0 spiro atoms. The predicted octanol–water partition coefficient (Wildman–Crippen LogP) is 1.31. The Morgan fingerprint density at radius 2 is 1.84 bits per heavy atom. The number of nitrogens with one attached hydrogen (secondary N) is 2. The van der Waals surface area contributed by atoms with Gasteiger partial charge in [-0.3, -0.25) is 24.6 Å². The molecule has 126 valence electrons. The number of hydrogen-bond acceptors (Lipinski definition) is 4. The van der Waals surface area contributed by atoms with Gasteiger partial charge in [-0.2, -0.15) is 0 Å². The summed E-state index contributed by atoms with van der Waals surface area (Å²) in [5.41, 5.74) is 1.55. The van der Waals surface area contributed by atoms with Crippen molar-refractivity contribution in [2.45, 2.75) is 6.42 Å². The molecule has 4 atom stereocenters. The molecule has 1 aromatic heterocycles. The van der Waals surface area contributed by atoms with E-state index in [1.54, 1.807) is 0 Å². The highest BCUT2D eigenvalue weighted by atomic mass is 16.2. The Kier molecular flexibility index (Phi) is 2.89. The lowest BCUT2D eigenvalue weighted by molar-refractivity contribution is -0.143. The molecule has 3 amide bonds. The number of likely N-dealkylation sites (tertiary alicyclic amines) is 1. The zero-order valence-corrected chi connectivity index (χ0v) is 13.3. The zero-order valence-electron chi connectivity index (χ0n) is 13.3. The van der Waals surface area contributed by atoms with Gasteiger partial charge in [0.1, 0.15) is 6.54 Å². The number of amides is 3. The number of para-hydroxylation sites is 2. The van der Waals surface area contributed by atoms with Crippen LogP contribution >= 0.6 is 0 Å². The van der Waals surface area contributed by atoms with Crippen LogP contribution in [-0.4, -0.2) is 39.1 Å². The summed E-state index contributed by atoms with van der Waals surface area (Å²) in [7, 11) is 0. The maximum absolute atomic E-state index is 12.6. The molecular weight excluding hydrogens is 320 g/mol. The first kappa shape index (κ1) is 14.4. The van der Waals surface area contributed by atoms with Crippen molar-refractivity contribution in [2.75, 3.05) is 11.9 Å². The van der Waals surface area contributed by atoms with Gasteiger partial charge in [0, 0.05) is 0 Å². The summed E-state index contributed by atoms with van der Waals surface area (Å²) in [6, 6.07) is 7.42. The van der Waals surface area contributed by atoms with Crippen molar-refractivity contribution in [3.8, 4) is 0 Å². The normalized spacial score (nSPS) is 29.7. The van der Waals surface area contributed by atoms with Crippen LogP contribution in [0.3, 0.4) is 0 Å². The summed E-state index contributed by atoms with van der Waals surface area (Å²) < 4.78 is 0. The van der Waals surface area contributed by atoms with E-state index in [1.807, 2.05) is 36.4 Å². The van der Waals surface area contributed by atoms with Gasteiger partial charge in [0.05, 0.1) is 22.9 Å². The van der Waals surface area contributed by atoms with Crippen molar-refractivity contribution in [1.82, 2.24) is 14.9 Å². The first-order valence-electron chi connectivity index (χ1n) is 8.40. The van der Waals surface area contributed by atoms with E-state index in [-0.39, 0.29) is 42.0 Å². The first-order chi connectivity index (χ1) is 12.1. The summed E-state index contributed by atoms with van der Waals surface area (Å²) in [4.78, 5) is 45.8. The molecule has 25 heavy (non-hydrogen) atoms. The van der Waals surface area contributed by atoms with Crippen LogP contribution in [0.1, 0.15) is 6.42 Å². The maximum Gasteiger partial charge on any atom is 0.246 e. The minimum atomic E-state index is -0.430. The highest BCUT2D eigenvalue weighted by Gasteiger charge is 2.59. The Balaban J connectivity index is 1.31. The molecule has 0 unspecified atom stereocenters. The molecule has 2 N–H and O–H groups in total. The zero-order chi connectivity index (χ0) is 17.1. The van der Waals surface area contributed by atoms with Crippen molar-refractivity contribution in [1.29, 1.82) is 0 Å². The van der Waals surface area contributed by atoms with E-state index in [1.165, 1.54) is 0 Å². The molecule has 2 aromatic rings. The molecule has 1 saturated heterocycles. The molecule has 2 bridgehead atoms. The standard InChI is InChI=1S/C18H16N4O3/c23-13(21-18-19-11-3-1-2-4-12(11)20-18)8-22-16(24)14-9-5-6-10(7-9)15(14)17(22)25/h1-6,9-10,14-15H,7-8H2,(H2,19,20,21,23)/t9-,10-,14-,15-/m0/s1. The van der Waals surface area contributed by atoms with Crippen molar-refractivity contribution < 1.29 is 14.4 Å². The minimum absolute atomic E-state index is 0.148. The smallest absolute Gasteiger partial charge is 0.246 e. The lowest BCUT2D eigenvalue weighted by atomic mass is 9.85. The molecule has 0 radical (unpaired) electrons. The lowest BCUT2D eigenvalue weighted by Gasteiger charge is -2.16. The number of carbonyl (C=O) groups excluding carboxylic acids is 3. The number of aromatic amines is 1. The van der Waals surface area contributed by atoms with E-state index in [0.29, 0.717) is 5.95 Å². The Morgan fingerprint density at radius 1 is 1.16 bits per heavy atom. The quantitative estimate of drug-likeness (QED) is 0.652. The molecule has 1 aliphatic heterocycles. The van der Waals surface area contributed by atoms with Gasteiger partial charge in [-0.25, -0.2) is 4.98 Å². The number of benzene rings is 1. The number of allylic oxidation sites excluding steroid dienone is 2. The van der Waals surface area contributed by atoms with E-state index in [0.717, 1.165) is 22.4 Å². The predicted molar refractivity (Wildman–Crippen MR) is 89.2 cm³/mol. The fraction of sp³-hybridized carbons (Fsp3) is 0.333. The first-order valence-corrected chi connectivity index (χ1v) is 8.40. The van der Waals surface area contributed by atoms with Gasteiger partial charge < -0.3 is 4.98 Å². The summed E-state index contributed by atoms with van der Waals surface area (Å²) >= 11 is 0. The Morgan fingerprint density at radius 3 is 2.52 bits per heavy atom. The number of anilines is 1. The number of rotatable bonds is 3. The summed E-state index contributed by atoms with van der Waals surface area (Å²) in [5, 5.41) is 2.64. The number of aromatic nitrogens is 2. The van der Waals surface area contributed by atoms with Crippen LogP contribution < -0.4 is 5.32 Å². The lowest BCUT2D eigenvalue weighted by Crippen LogP contribution is -2.39. The molecule has 7 nitrogen and oxygen atoms in total. The number of H-pyrrole nitrogens is 1. The number of imidazole rings is 1. The van der Waals surface area contributed by atoms with Crippen LogP contribution in [0.2, 0.25) is 0 Å². The van der Waals surface area contributed by atoms with E-state index in [9.17, 15) is 14.4 Å². The number of fused-ring (bicyclic) bond motifs is 6. The highest BCUT2D eigenvalue weighted by molar-refractivity contribution is 6.09. The van der Waals surface area contributed by atoms with E-state index in [4.69, 9.17) is 0 Å². The van der Waals surface area contributed by atoms with Crippen LogP contribution in [0.4, 0.5) is 5.95 Å². The minimum Gasteiger partial charge on any atom is -0.324 e. The molecule has 5 rings (SSSR count). The molecule has 2 fully saturated rings. The van der Waals surface area contributed by atoms with Gasteiger partial charge >= 0.3 is 0 Å². The van der Waals surface area contributed by atoms with Gasteiger partial charge in [0.25, 0.3) is 0 Å². The van der Waals surface area contributed by atoms with Gasteiger partial charge in [-0.15, -0.1) is 0 Å². The SMILES string of the molecule is O=C(CN1C(=O)[C@@H]2[C@@H](C1=O)[C@H]1C=C[C@H]2C1)Nc1nc2ccccc2[nH]1. The number of nitrogens with zero attached hydrogens (tertiary/aromatic N) is 2. The molecule has 1 aromatic carbocycles. The summed E-state index contributed by atoms with van der Waals surface area (Å²) in [6.45, 7) is -0.263. The number of carbonyl (C=O) groups is 3. The third-order valence-electron chi connectivity index (χ3n) is 5.51. The van der Waals surface area contributed by atoms with Gasteiger partial charge in [0.2, 0.25) is 23.7 Å². The topological polar surface area (TPSA) is 95.2 Å². The molecular formula is C18H16N4O3. The maximum atomic E-state index is 12.6. The van der Waals surface area contributed by atoms with E-state index >= 15 is 0 Å². The highest BCUT2D eigenvalue weighted by Crippen LogP contribution is 2.52. The second-order valence-electron chi connectivity index (χ2n) is 6.91. The van der Waals surface area contributed by atoms with Crippen LogP contribution in [-0.2, 0) is 14.4 Å². The Bertz CT molecular complexity index is 884. The molecule has 2 aliphatic carbocycles. The molecule has 7 heteroatoms. The fourth-order valence-corrected chi connectivity index (χ4v) is 4.45. The summed E-state index contributed by atoms with van der Waals surface area (Å²) in [5.74, 6) is -0.806. The van der Waals surface area contributed by atoms with Crippen molar-refractivity contribution in [2.24, 2.45) is 23.7 Å². The molecule has 2 heterocycles. The second-order valence-corrected chi connectivity index (χ2v) is 6.91. The largest absolute Gasteiger partial charge is 0.324 e. The average Bonchev–Trinajstić information content (AvgIpc) is 3.34. The third-order valence-corrected chi connectivity index (χ3v) is 5.51. The number of hydrogen-bond donors (Lipinski definition) is 2. The van der Waals surface area contributed by atoms with Crippen LogP contribution in [0.25, 0.3) is 11.0 Å². The van der Waals surface area contributed by atoms with E-state index in [2.05, 4.69) is 15.3 Å². The number of imide groups is 1. The van der Waals surface area contributed by atoms with Crippen molar-refractivity contribution >= 4 is 34.7 Å². The van der Waals surface area contributed by atoms with Crippen molar-refractivity contribution in [3.05, 3.63) is 36.4 Å². The Labute approximate surface area is 143 Å². The second kappa shape index (κ2) is 5.02. The monoisotopic (exact) mass is 336 g/mol. The van der Waals surface area contributed by atoms with Gasteiger partial charge in [-0.1, -0.05) is 24.3 Å². The Hall–Kier alpha value is -2.96. The van der Waals surface area contributed by atoms with Gasteiger partial charge in [0.15, 0.2) is 0 Å². The third kappa shape index (κ3) is 2.05. The van der Waals surface area contributed by atoms with Crippen LogP contribution in [0.15, 0.2) is 36.4 Å². The van der Waals surface area contributed by atoms with Crippen LogP contribution in [0, 0.1) is 23.7 Å².